The quantitative estimate of drug-likeness (QED) is 0.252. The third-order valence-corrected chi connectivity index (χ3v) is 6.46. The van der Waals surface area contributed by atoms with Crippen LogP contribution in [-0.2, 0) is 0 Å². The molecular weight excluding hydrogens is 446 g/mol. The minimum atomic E-state index is -0.158. The summed E-state index contributed by atoms with van der Waals surface area (Å²) in [5.41, 5.74) is 1.64. The third kappa shape index (κ3) is 6.03. The molecule has 0 N–H and O–H groups in total. The van der Waals surface area contributed by atoms with E-state index in [9.17, 15) is 4.79 Å². The van der Waals surface area contributed by atoms with E-state index in [0.717, 1.165) is 48.7 Å². The van der Waals surface area contributed by atoms with Gasteiger partial charge in [-0.25, -0.2) is 0 Å². The Balaban J connectivity index is 1.45. The first-order valence-corrected chi connectivity index (χ1v) is 12.9. The maximum atomic E-state index is 12.9. The molecule has 4 rings (SSSR count). The van der Waals surface area contributed by atoms with Crippen molar-refractivity contribution in [2.45, 2.75) is 52.4 Å². The summed E-state index contributed by atoms with van der Waals surface area (Å²) in [7, 11) is 0. The van der Waals surface area contributed by atoms with Gasteiger partial charge in [0.1, 0.15) is 11.5 Å². The summed E-state index contributed by atoms with van der Waals surface area (Å²) in [6.07, 6.45) is 8.68. The standard InChI is InChI=1S/C27H31N3O3S/c1-3-5-7-17-32-22-13-9-20(10-14-22)19-24-26(31)30-27(34-24)28-25(29-30)21-11-15-23(16-12-21)33-18-8-6-4-2/h9-16,19H,3-8,17-18H2,1-2H3/b24-19-. The van der Waals surface area contributed by atoms with Crippen LogP contribution >= 0.6 is 11.3 Å². The lowest BCUT2D eigenvalue weighted by atomic mass is 10.2. The van der Waals surface area contributed by atoms with Gasteiger partial charge >= 0.3 is 0 Å². The highest BCUT2D eigenvalue weighted by molar-refractivity contribution is 7.15. The molecule has 2 aromatic heterocycles. The van der Waals surface area contributed by atoms with E-state index in [1.165, 1.54) is 41.5 Å². The Morgan fingerprint density at radius 2 is 1.44 bits per heavy atom. The summed E-state index contributed by atoms with van der Waals surface area (Å²) in [5.74, 6) is 2.22. The Hall–Kier alpha value is -3.19. The number of nitrogens with zero attached hydrogens (tertiary/aromatic N) is 3. The summed E-state index contributed by atoms with van der Waals surface area (Å²) in [4.78, 5) is 18.0. The number of aromatic nitrogens is 3. The molecule has 0 unspecified atom stereocenters. The average molecular weight is 478 g/mol. The van der Waals surface area contributed by atoms with Crippen LogP contribution in [0.25, 0.3) is 22.4 Å². The summed E-state index contributed by atoms with van der Waals surface area (Å²) < 4.78 is 13.5. The molecule has 0 bridgehead atoms. The highest BCUT2D eigenvalue weighted by Gasteiger charge is 2.12. The normalized spacial score (nSPS) is 11.9. The van der Waals surface area contributed by atoms with E-state index in [2.05, 4.69) is 23.9 Å². The Labute approximate surface area is 203 Å². The topological polar surface area (TPSA) is 65.7 Å². The first kappa shape index (κ1) is 24.0. The second kappa shape index (κ2) is 11.8. The fraction of sp³-hybridized carbons (Fsp3) is 0.370. The van der Waals surface area contributed by atoms with Crippen LogP contribution in [0, 0.1) is 0 Å². The summed E-state index contributed by atoms with van der Waals surface area (Å²) in [6, 6.07) is 15.5. The second-order valence-electron chi connectivity index (χ2n) is 8.25. The molecule has 0 radical (unpaired) electrons. The van der Waals surface area contributed by atoms with Gasteiger partial charge in [-0.05, 0) is 60.9 Å². The number of hydrogen-bond donors (Lipinski definition) is 0. The van der Waals surface area contributed by atoms with Crippen molar-refractivity contribution in [2.75, 3.05) is 13.2 Å². The molecule has 178 valence electrons. The lowest BCUT2D eigenvalue weighted by molar-refractivity contribution is 0.306. The van der Waals surface area contributed by atoms with E-state index in [1.807, 2.05) is 54.6 Å². The molecule has 2 heterocycles. The van der Waals surface area contributed by atoms with Gasteiger partial charge in [0.2, 0.25) is 4.96 Å². The number of benzene rings is 2. The Morgan fingerprint density at radius 1 is 0.853 bits per heavy atom. The van der Waals surface area contributed by atoms with Crippen molar-refractivity contribution in [3.8, 4) is 22.9 Å². The van der Waals surface area contributed by atoms with Crippen LogP contribution in [0.15, 0.2) is 53.3 Å². The molecule has 7 heteroatoms. The second-order valence-corrected chi connectivity index (χ2v) is 9.26. The number of thiazole rings is 1. The van der Waals surface area contributed by atoms with Gasteiger partial charge in [-0.1, -0.05) is 63.0 Å². The first-order chi connectivity index (χ1) is 16.7. The molecule has 0 saturated heterocycles. The minimum absolute atomic E-state index is 0.158. The zero-order chi connectivity index (χ0) is 23.8. The predicted octanol–water partition coefficient (Wildman–Crippen LogP) is 5.50. The fourth-order valence-corrected chi connectivity index (χ4v) is 4.46. The van der Waals surface area contributed by atoms with Gasteiger partial charge in [-0.2, -0.15) is 9.50 Å². The van der Waals surface area contributed by atoms with Crippen LogP contribution in [0.4, 0.5) is 0 Å². The Bertz CT molecular complexity index is 1290. The number of ether oxygens (including phenoxy) is 2. The van der Waals surface area contributed by atoms with Crippen LogP contribution in [0.1, 0.15) is 57.9 Å². The van der Waals surface area contributed by atoms with Gasteiger partial charge in [-0.3, -0.25) is 4.79 Å². The number of unbranched alkanes of at least 4 members (excludes halogenated alkanes) is 4. The molecular formula is C27H31N3O3S. The van der Waals surface area contributed by atoms with Crippen LogP contribution < -0.4 is 19.6 Å². The van der Waals surface area contributed by atoms with Crippen LogP contribution in [0.2, 0.25) is 0 Å². The van der Waals surface area contributed by atoms with Gasteiger partial charge in [0.05, 0.1) is 17.7 Å². The maximum absolute atomic E-state index is 12.9. The van der Waals surface area contributed by atoms with E-state index in [-0.39, 0.29) is 5.56 Å². The van der Waals surface area contributed by atoms with Crippen molar-refractivity contribution in [1.29, 1.82) is 0 Å². The van der Waals surface area contributed by atoms with E-state index in [1.54, 1.807) is 0 Å². The highest BCUT2D eigenvalue weighted by atomic mass is 32.1. The molecule has 0 aliphatic rings. The van der Waals surface area contributed by atoms with Gasteiger partial charge in [0, 0.05) is 5.56 Å². The molecule has 0 saturated carbocycles. The third-order valence-electron chi connectivity index (χ3n) is 5.51. The Kier molecular flexibility index (Phi) is 8.31. The van der Waals surface area contributed by atoms with Crippen LogP contribution in [-0.4, -0.2) is 27.8 Å². The molecule has 2 aromatic carbocycles. The van der Waals surface area contributed by atoms with Gasteiger partial charge < -0.3 is 9.47 Å². The van der Waals surface area contributed by atoms with Crippen molar-refractivity contribution in [3.63, 3.8) is 0 Å². The largest absolute Gasteiger partial charge is 0.494 e. The van der Waals surface area contributed by atoms with Crippen molar-refractivity contribution < 1.29 is 9.47 Å². The predicted molar refractivity (Wildman–Crippen MR) is 138 cm³/mol. The van der Waals surface area contributed by atoms with Gasteiger partial charge in [0.25, 0.3) is 5.56 Å². The SMILES string of the molecule is CCCCCOc1ccc(/C=c2\sc3nc(-c4ccc(OCCCCC)cc4)nn3c2=O)cc1. The number of fused-ring (bicyclic) bond motifs is 1. The zero-order valence-electron chi connectivity index (χ0n) is 19.8. The van der Waals surface area contributed by atoms with Crippen LogP contribution in [0.5, 0.6) is 11.5 Å². The molecule has 6 nitrogen and oxygen atoms in total. The molecule has 0 aliphatic carbocycles. The molecule has 4 aromatic rings. The monoisotopic (exact) mass is 477 g/mol. The van der Waals surface area contributed by atoms with E-state index < -0.39 is 0 Å². The lowest BCUT2D eigenvalue weighted by Gasteiger charge is -2.05. The van der Waals surface area contributed by atoms with Gasteiger partial charge in [0.15, 0.2) is 5.82 Å². The fourth-order valence-electron chi connectivity index (χ4n) is 3.55. The Morgan fingerprint density at radius 3 is 2.00 bits per heavy atom. The molecule has 0 spiro atoms. The molecule has 0 atom stereocenters. The van der Waals surface area contributed by atoms with E-state index >= 15 is 0 Å². The van der Waals surface area contributed by atoms with Gasteiger partial charge in [-0.15, -0.1) is 5.10 Å². The minimum Gasteiger partial charge on any atom is -0.494 e. The van der Waals surface area contributed by atoms with Crippen molar-refractivity contribution in [3.05, 3.63) is 69.0 Å². The first-order valence-electron chi connectivity index (χ1n) is 12.1. The maximum Gasteiger partial charge on any atom is 0.291 e. The summed E-state index contributed by atoms with van der Waals surface area (Å²) in [5, 5.41) is 4.45. The average Bonchev–Trinajstić information content (AvgIpc) is 3.40. The van der Waals surface area contributed by atoms with Crippen LogP contribution in [0.3, 0.4) is 0 Å². The molecule has 34 heavy (non-hydrogen) atoms. The molecule has 0 fully saturated rings. The highest BCUT2D eigenvalue weighted by Crippen LogP contribution is 2.21. The lowest BCUT2D eigenvalue weighted by Crippen LogP contribution is -2.23. The molecule has 0 aliphatic heterocycles. The van der Waals surface area contributed by atoms with E-state index in [0.29, 0.717) is 15.3 Å². The van der Waals surface area contributed by atoms with Crippen molar-refractivity contribution >= 4 is 22.4 Å². The number of hydrogen-bond acceptors (Lipinski definition) is 6. The number of rotatable bonds is 12. The van der Waals surface area contributed by atoms with Crippen molar-refractivity contribution in [1.82, 2.24) is 14.6 Å². The smallest absolute Gasteiger partial charge is 0.291 e. The van der Waals surface area contributed by atoms with Crippen molar-refractivity contribution in [2.24, 2.45) is 0 Å². The van der Waals surface area contributed by atoms with E-state index in [4.69, 9.17) is 9.47 Å². The zero-order valence-corrected chi connectivity index (χ0v) is 20.6. The summed E-state index contributed by atoms with van der Waals surface area (Å²) in [6.45, 7) is 5.80. The summed E-state index contributed by atoms with van der Waals surface area (Å²) >= 11 is 1.34. The molecule has 0 amide bonds.